The molecule has 0 radical (unpaired) electrons. The van der Waals surface area contributed by atoms with Crippen LogP contribution in [0.15, 0.2) is 48.5 Å². The predicted molar refractivity (Wildman–Crippen MR) is 86.0 cm³/mol. The van der Waals surface area contributed by atoms with Gasteiger partial charge in [-0.2, -0.15) is 13.2 Å². The van der Waals surface area contributed by atoms with Crippen molar-refractivity contribution in [3.05, 3.63) is 71.0 Å². The molecule has 0 aliphatic rings. The molecular formula is C18H18F4N2O. The molecule has 0 unspecified atom stereocenters. The molecule has 0 aromatic heterocycles. The lowest BCUT2D eigenvalue weighted by Crippen LogP contribution is -2.34. The Morgan fingerprint density at radius 2 is 1.80 bits per heavy atom. The summed E-state index contributed by atoms with van der Waals surface area (Å²) in [5.74, 6) is -1.37. The number of halogens is 4. The van der Waals surface area contributed by atoms with Crippen LogP contribution in [0.2, 0.25) is 0 Å². The van der Waals surface area contributed by atoms with Crippen molar-refractivity contribution in [3.8, 4) is 0 Å². The summed E-state index contributed by atoms with van der Waals surface area (Å²) in [5, 5.41) is 2.44. The molecule has 2 rings (SSSR count). The molecular weight excluding hydrogens is 336 g/mol. The molecule has 0 bridgehead atoms. The molecule has 3 nitrogen and oxygen atoms in total. The van der Waals surface area contributed by atoms with E-state index in [4.69, 9.17) is 0 Å². The quantitative estimate of drug-likeness (QED) is 0.804. The van der Waals surface area contributed by atoms with Crippen LogP contribution in [0.4, 0.5) is 17.6 Å². The van der Waals surface area contributed by atoms with Gasteiger partial charge in [0.1, 0.15) is 5.82 Å². The number of carbonyl (C=O) groups is 1. The second kappa shape index (κ2) is 8.11. The van der Waals surface area contributed by atoms with Crippen LogP contribution in [0.3, 0.4) is 0 Å². The highest BCUT2D eigenvalue weighted by Gasteiger charge is 2.33. The molecule has 0 spiro atoms. The number of hydrogen-bond donors (Lipinski definition) is 1. The van der Waals surface area contributed by atoms with Gasteiger partial charge in [-0.1, -0.05) is 36.4 Å². The minimum atomic E-state index is -4.67. The smallest absolute Gasteiger partial charge is 0.351 e. The number of nitrogens with zero attached hydrogens (tertiary/aromatic N) is 1. The van der Waals surface area contributed by atoms with E-state index in [1.165, 1.54) is 0 Å². The summed E-state index contributed by atoms with van der Waals surface area (Å²) in [6.07, 6.45) is -4.67. The van der Waals surface area contributed by atoms with Gasteiger partial charge in [0.05, 0.1) is 12.1 Å². The van der Waals surface area contributed by atoms with E-state index in [9.17, 15) is 22.4 Å². The van der Waals surface area contributed by atoms with Crippen molar-refractivity contribution >= 4 is 5.91 Å². The van der Waals surface area contributed by atoms with E-state index < -0.39 is 23.5 Å². The third-order valence-corrected chi connectivity index (χ3v) is 3.56. The molecule has 1 amide bonds. The highest BCUT2D eigenvalue weighted by molar-refractivity contribution is 5.78. The summed E-state index contributed by atoms with van der Waals surface area (Å²) in [6.45, 7) is 0.267. The second-order valence-corrected chi connectivity index (χ2v) is 5.73. The van der Waals surface area contributed by atoms with E-state index >= 15 is 0 Å². The van der Waals surface area contributed by atoms with E-state index in [1.54, 1.807) is 11.9 Å². The van der Waals surface area contributed by atoms with Crippen LogP contribution in [0, 0.1) is 5.82 Å². The fourth-order valence-corrected chi connectivity index (χ4v) is 2.41. The number of nitrogens with one attached hydrogen (secondary N) is 1. The zero-order valence-corrected chi connectivity index (χ0v) is 13.6. The van der Waals surface area contributed by atoms with Crippen LogP contribution in [-0.4, -0.2) is 24.4 Å². The highest BCUT2D eigenvalue weighted by atomic mass is 19.4. The van der Waals surface area contributed by atoms with Crippen LogP contribution >= 0.6 is 0 Å². The molecule has 0 fully saturated rings. The zero-order valence-electron chi connectivity index (χ0n) is 13.6. The number of carbonyl (C=O) groups excluding carboxylic acids is 1. The molecule has 25 heavy (non-hydrogen) atoms. The predicted octanol–water partition coefficient (Wildman–Crippen LogP) is 3.59. The number of rotatable bonds is 6. The molecule has 0 saturated carbocycles. The molecule has 0 heterocycles. The van der Waals surface area contributed by atoms with Crippen molar-refractivity contribution < 1.29 is 22.4 Å². The molecule has 0 aliphatic heterocycles. The van der Waals surface area contributed by atoms with Crippen LogP contribution in [0.1, 0.15) is 16.7 Å². The molecule has 2 aromatic carbocycles. The van der Waals surface area contributed by atoms with Gasteiger partial charge in [-0.3, -0.25) is 9.69 Å². The van der Waals surface area contributed by atoms with Crippen molar-refractivity contribution in [2.45, 2.75) is 19.3 Å². The maximum absolute atomic E-state index is 13.1. The number of benzene rings is 2. The molecule has 134 valence electrons. The van der Waals surface area contributed by atoms with E-state index in [-0.39, 0.29) is 18.7 Å². The summed E-state index contributed by atoms with van der Waals surface area (Å²) in [4.78, 5) is 13.7. The monoisotopic (exact) mass is 354 g/mol. The van der Waals surface area contributed by atoms with E-state index in [2.05, 4.69) is 5.32 Å². The van der Waals surface area contributed by atoms with Gasteiger partial charge in [0.2, 0.25) is 5.91 Å². The fourth-order valence-electron chi connectivity index (χ4n) is 2.41. The SMILES string of the molecule is CN(CC(=O)NCc1ccc(F)cc1C(F)(F)F)Cc1ccccc1. The Hall–Kier alpha value is -2.41. The van der Waals surface area contributed by atoms with Crippen LogP contribution in [0.5, 0.6) is 0 Å². The number of hydrogen-bond acceptors (Lipinski definition) is 2. The van der Waals surface area contributed by atoms with Crippen molar-refractivity contribution in [3.63, 3.8) is 0 Å². The summed E-state index contributed by atoms with van der Waals surface area (Å²) >= 11 is 0. The molecule has 1 N–H and O–H groups in total. The lowest BCUT2D eigenvalue weighted by atomic mass is 10.1. The van der Waals surface area contributed by atoms with Gasteiger partial charge in [-0.25, -0.2) is 4.39 Å². The van der Waals surface area contributed by atoms with E-state index in [0.717, 1.165) is 17.7 Å². The maximum atomic E-state index is 13.1. The number of likely N-dealkylation sites (N-methyl/N-ethyl adjacent to an activating group) is 1. The van der Waals surface area contributed by atoms with Gasteiger partial charge < -0.3 is 5.32 Å². The van der Waals surface area contributed by atoms with Gasteiger partial charge in [-0.15, -0.1) is 0 Å². The summed E-state index contributed by atoms with van der Waals surface area (Å²) in [5.41, 5.74) is -0.228. The normalized spacial score (nSPS) is 11.6. The van der Waals surface area contributed by atoms with Crippen molar-refractivity contribution in [1.82, 2.24) is 10.2 Å². The Kier molecular flexibility index (Phi) is 6.14. The first-order valence-electron chi connectivity index (χ1n) is 7.60. The van der Waals surface area contributed by atoms with Gasteiger partial charge in [0.15, 0.2) is 0 Å². The van der Waals surface area contributed by atoms with Crippen LogP contribution in [-0.2, 0) is 24.1 Å². The van der Waals surface area contributed by atoms with Gasteiger partial charge in [-0.05, 0) is 30.3 Å². The third kappa shape index (κ3) is 5.86. The summed E-state index contributed by atoms with van der Waals surface area (Å²) < 4.78 is 51.8. The number of amides is 1. The van der Waals surface area contributed by atoms with Crippen LogP contribution in [0.25, 0.3) is 0 Å². The first kappa shape index (κ1) is 18.9. The van der Waals surface area contributed by atoms with E-state index in [0.29, 0.717) is 12.6 Å². The Morgan fingerprint density at radius 3 is 2.44 bits per heavy atom. The molecule has 0 atom stereocenters. The van der Waals surface area contributed by atoms with Gasteiger partial charge >= 0.3 is 6.18 Å². The topological polar surface area (TPSA) is 32.3 Å². The second-order valence-electron chi connectivity index (χ2n) is 5.73. The van der Waals surface area contributed by atoms with Crippen molar-refractivity contribution in [1.29, 1.82) is 0 Å². The van der Waals surface area contributed by atoms with Gasteiger partial charge in [0.25, 0.3) is 0 Å². The lowest BCUT2D eigenvalue weighted by Gasteiger charge is -2.17. The average Bonchev–Trinajstić information content (AvgIpc) is 2.53. The van der Waals surface area contributed by atoms with Crippen molar-refractivity contribution in [2.75, 3.05) is 13.6 Å². The average molecular weight is 354 g/mol. The van der Waals surface area contributed by atoms with Crippen molar-refractivity contribution in [2.24, 2.45) is 0 Å². The minimum Gasteiger partial charge on any atom is -0.351 e. The van der Waals surface area contributed by atoms with E-state index in [1.807, 2.05) is 30.3 Å². The Bertz CT molecular complexity index is 717. The largest absolute Gasteiger partial charge is 0.416 e. The zero-order chi connectivity index (χ0) is 18.4. The lowest BCUT2D eigenvalue weighted by molar-refractivity contribution is -0.138. The maximum Gasteiger partial charge on any atom is 0.416 e. The Balaban J connectivity index is 1.92. The third-order valence-electron chi connectivity index (χ3n) is 3.56. The molecule has 7 heteroatoms. The highest BCUT2D eigenvalue weighted by Crippen LogP contribution is 2.32. The minimum absolute atomic E-state index is 0.0391. The fraction of sp³-hybridized carbons (Fsp3) is 0.278. The molecule has 0 saturated heterocycles. The summed E-state index contributed by atoms with van der Waals surface area (Å²) in [7, 11) is 1.74. The Morgan fingerprint density at radius 1 is 1.12 bits per heavy atom. The first-order valence-corrected chi connectivity index (χ1v) is 7.60. The molecule has 2 aromatic rings. The number of alkyl halides is 3. The van der Waals surface area contributed by atoms with Gasteiger partial charge in [0, 0.05) is 13.1 Å². The van der Waals surface area contributed by atoms with Crippen LogP contribution < -0.4 is 5.32 Å². The standard InChI is InChI=1S/C18H18F4N2O/c1-24(11-13-5-3-2-4-6-13)12-17(25)23-10-14-7-8-15(19)9-16(14)18(20,21)22/h2-9H,10-12H2,1H3,(H,23,25). The Labute approximate surface area is 143 Å². The summed E-state index contributed by atoms with van der Waals surface area (Å²) in [6, 6.07) is 11.9. The molecule has 0 aliphatic carbocycles. The first-order chi connectivity index (χ1) is 11.8.